The number of aromatic carboxylic acids is 2. The molecule has 0 saturated heterocycles. The van der Waals surface area contributed by atoms with Gasteiger partial charge in [0.25, 0.3) is 0 Å². The van der Waals surface area contributed by atoms with E-state index in [1.807, 2.05) is 49.4 Å². The van der Waals surface area contributed by atoms with Crippen molar-refractivity contribution >= 4 is 34.7 Å². The molecule has 0 atom stereocenters. The summed E-state index contributed by atoms with van der Waals surface area (Å²) in [5.41, 5.74) is 5.02. The van der Waals surface area contributed by atoms with E-state index < -0.39 is 11.9 Å². The minimum Gasteiger partial charge on any atom is -0.495 e. The van der Waals surface area contributed by atoms with Crippen molar-refractivity contribution in [1.29, 1.82) is 0 Å². The number of rotatable bonds is 9. The average Bonchev–Trinajstić information content (AvgIpc) is 2.90. The lowest BCUT2D eigenvalue weighted by molar-refractivity contribution is 0.0687. The second kappa shape index (κ2) is 10.7. The van der Waals surface area contributed by atoms with Gasteiger partial charge in [-0.05, 0) is 66.6 Å². The first-order valence-electron chi connectivity index (χ1n) is 11.4. The van der Waals surface area contributed by atoms with Crippen LogP contribution in [0.2, 0.25) is 0 Å². The van der Waals surface area contributed by atoms with E-state index in [9.17, 15) is 19.8 Å². The molecule has 8 heteroatoms. The lowest BCUT2D eigenvalue weighted by atomic mass is 10.0. The highest BCUT2D eigenvalue weighted by Gasteiger charge is 2.15. The van der Waals surface area contributed by atoms with Crippen LogP contribution >= 0.6 is 0 Å². The van der Waals surface area contributed by atoms with Crippen molar-refractivity contribution in [3.05, 3.63) is 95.6 Å². The molecule has 0 aliphatic carbocycles. The molecule has 0 saturated carbocycles. The molecule has 0 heterocycles. The molecule has 4 aromatic carbocycles. The second-order valence-electron chi connectivity index (χ2n) is 8.29. The summed E-state index contributed by atoms with van der Waals surface area (Å²) in [5, 5.41) is 25.3. The van der Waals surface area contributed by atoms with Gasteiger partial charge < -0.3 is 30.3 Å². The first-order valence-corrected chi connectivity index (χ1v) is 11.4. The molecule has 8 nitrogen and oxygen atoms in total. The Balaban J connectivity index is 1.64. The number of carboxylic acids is 2. The Labute approximate surface area is 214 Å². The molecule has 4 rings (SSSR count). The molecule has 0 aromatic heterocycles. The molecule has 37 heavy (non-hydrogen) atoms. The maximum atomic E-state index is 11.7. The third-order valence-corrected chi connectivity index (χ3v) is 5.84. The van der Waals surface area contributed by atoms with E-state index in [4.69, 9.17) is 9.47 Å². The zero-order valence-electron chi connectivity index (χ0n) is 20.5. The second-order valence-corrected chi connectivity index (χ2v) is 8.29. The summed E-state index contributed by atoms with van der Waals surface area (Å²) in [4.78, 5) is 23.3. The van der Waals surface area contributed by atoms with Crippen molar-refractivity contribution in [2.75, 3.05) is 24.9 Å². The fraction of sp³-hybridized carbons (Fsp3) is 0.103. The zero-order chi connectivity index (χ0) is 26.5. The van der Waals surface area contributed by atoms with E-state index in [-0.39, 0.29) is 11.1 Å². The van der Waals surface area contributed by atoms with Gasteiger partial charge in [0.2, 0.25) is 0 Å². The van der Waals surface area contributed by atoms with Crippen LogP contribution < -0.4 is 20.1 Å². The van der Waals surface area contributed by atoms with Crippen LogP contribution in [0.1, 0.15) is 26.3 Å². The number of nitrogens with one attached hydrogen (secondary N) is 2. The molecule has 188 valence electrons. The van der Waals surface area contributed by atoms with E-state index >= 15 is 0 Å². The zero-order valence-corrected chi connectivity index (χ0v) is 20.5. The number of hydrogen-bond donors (Lipinski definition) is 4. The monoisotopic (exact) mass is 498 g/mol. The Hall–Kier alpha value is -4.98. The number of carboxylic acid groups (broad SMARTS) is 2. The van der Waals surface area contributed by atoms with Crippen molar-refractivity contribution in [3.8, 4) is 22.6 Å². The number of carbonyl (C=O) groups is 2. The Morgan fingerprint density at radius 2 is 1.11 bits per heavy atom. The third kappa shape index (κ3) is 5.48. The van der Waals surface area contributed by atoms with Crippen LogP contribution in [0.4, 0.5) is 22.7 Å². The van der Waals surface area contributed by atoms with Gasteiger partial charge in [0.1, 0.15) is 11.5 Å². The van der Waals surface area contributed by atoms with Crippen molar-refractivity contribution in [1.82, 2.24) is 0 Å². The smallest absolute Gasteiger partial charge is 0.337 e. The summed E-state index contributed by atoms with van der Waals surface area (Å²) in [6.45, 7) is 1.84. The van der Waals surface area contributed by atoms with Crippen LogP contribution in [0.5, 0.6) is 11.5 Å². The Morgan fingerprint density at radius 1 is 0.622 bits per heavy atom. The fourth-order valence-electron chi connectivity index (χ4n) is 3.96. The summed E-state index contributed by atoms with van der Waals surface area (Å²) < 4.78 is 11.2. The lowest BCUT2D eigenvalue weighted by Crippen LogP contribution is -2.04. The number of aryl methyl sites for hydroxylation is 1. The SMILES string of the molecule is COc1cc(-c2ccc(Nc3ccc(C)cc3C(=O)O)c(OC)c2)ccc1Nc1ccccc1C(=O)O. The van der Waals surface area contributed by atoms with Crippen LogP contribution in [-0.4, -0.2) is 36.4 Å². The Kier molecular flexibility index (Phi) is 7.29. The highest BCUT2D eigenvalue weighted by Crippen LogP contribution is 2.37. The van der Waals surface area contributed by atoms with Crippen molar-refractivity contribution < 1.29 is 29.3 Å². The Bertz CT molecular complexity index is 1480. The van der Waals surface area contributed by atoms with Crippen LogP contribution in [-0.2, 0) is 0 Å². The third-order valence-electron chi connectivity index (χ3n) is 5.84. The van der Waals surface area contributed by atoms with Gasteiger partial charge in [-0.2, -0.15) is 0 Å². The standard InChI is InChI=1S/C29H26N2O6/c1-17-8-11-23(21(14-17)29(34)35)31-25-13-10-19(16-27(25)37-3)18-9-12-24(26(15-18)36-2)30-22-7-5-4-6-20(22)28(32)33/h4-16,30-31H,1-3H3,(H,32,33)(H,34,35). The van der Waals surface area contributed by atoms with Gasteiger partial charge in [0, 0.05) is 0 Å². The molecule has 0 radical (unpaired) electrons. The summed E-state index contributed by atoms with van der Waals surface area (Å²) in [7, 11) is 3.09. The van der Waals surface area contributed by atoms with Crippen molar-refractivity contribution in [2.45, 2.75) is 6.92 Å². The molecular formula is C29H26N2O6. The van der Waals surface area contributed by atoms with E-state index in [2.05, 4.69) is 10.6 Å². The van der Waals surface area contributed by atoms with Gasteiger partial charge in [-0.3, -0.25) is 0 Å². The predicted octanol–water partition coefficient (Wildman–Crippen LogP) is 6.56. The van der Waals surface area contributed by atoms with Crippen LogP contribution in [0, 0.1) is 6.92 Å². The molecule has 0 unspecified atom stereocenters. The van der Waals surface area contributed by atoms with E-state index in [0.717, 1.165) is 16.7 Å². The molecule has 0 bridgehead atoms. The summed E-state index contributed by atoms with van der Waals surface area (Å²) in [6.07, 6.45) is 0. The van der Waals surface area contributed by atoms with Crippen LogP contribution in [0.15, 0.2) is 78.9 Å². The molecule has 0 aliphatic heterocycles. The number of benzene rings is 4. The van der Waals surface area contributed by atoms with Gasteiger partial charge in [0.05, 0.1) is 48.1 Å². The largest absolute Gasteiger partial charge is 0.495 e. The topological polar surface area (TPSA) is 117 Å². The molecule has 0 amide bonds. The van der Waals surface area contributed by atoms with Gasteiger partial charge in [-0.25, -0.2) is 9.59 Å². The number of ether oxygens (including phenoxy) is 2. The molecule has 0 spiro atoms. The molecule has 0 aliphatic rings. The predicted molar refractivity (Wildman–Crippen MR) is 143 cm³/mol. The van der Waals surface area contributed by atoms with Gasteiger partial charge in [0.15, 0.2) is 0 Å². The quantitative estimate of drug-likeness (QED) is 0.205. The van der Waals surface area contributed by atoms with E-state index in [1.165, 1.54) is 6.07 Å². The molecule has 4 aromatic rings. The lowest BCUT2D eigenvalue weighted by Gasteiger charge is -2.16. The van der Waals surface area contributed by atoms with Gasteiger partial charge >= 0.3 is 11.9 Å². The number of hydrogen-bond acceptors (Lipinski definition) is 6. The van der Waals surface area contributed by atoms with Gasteiger partial charge in [-0.15, -0.1) is 0 Å². The summed E-state index contributed by atoms with van der Waals surface area (Å²) >= 11 is 0. The highest BCUT2D eigenvalue weighted by atomic mass is 16.5. The minimum atomic E-state index is -1.03. The normalized spacial score (nSPS) is 10.5. The number of methoxy groups -OCH3 is 2. The number of anilines is 4. The highest BCUT2D eigenvalue weighted by molar-refractivity contribution is 5.96. The molecular weight excluding hydrogens is 472 g/mol. The average molecular weight is 499 g/mol. The van der Waals surface area contributed by atoms with Crippen LogP contribution in [0.25, 0.3) is 11.1 Å². The first kappa shape index (κ1) is 25.1. The first-order chi connectivity index (χ1) is 17.8. The maximum Gasteiger partial charge on any atom is 0.337 e. The van der Waals surface area contributed by atoms with Gasteiger partial charge in [-0.1, -0.05) is 35.9 Å². The Morgan fingerprint density at radius 3 is 1.62 bits per heavy atom. The van der Waals surface area contributed by atoms with E-state index in [0.29, 0.717) is 34.2 Å². The summed E-state index contributed by atoms with van der Waals surface area (Å²) in [6, 6.07) is 22.9. The fourth-order valence-corrected chi connectivity index (χ4v) is 3.96. The van der Waals surface area contributed by atoms with Crippen molar-refractivity contribution in [2.24, 2.45) is 0 Å². The van der Waals surface area contributed by atoms with Crippen molar-refractivity contribution in [3.63, 3.8) is 0 Å². The van der Waals surface area contributed by atoms with Crippen LogP contribution in [0.3, 0.4) is 0 Å². The minimum absolute atomic E-state index is 0.154. The maximum absolute atomic E-state index is 11.7. The molecule has 0 fully saturated rings. The number of para-hydroxylation sites is 1. The molecule has 4 N–H and O–H groups in total. The van der Waals surface area contributed by atoms with E-state index in [1.54, 1.807) is 44.6 Å². The summed E-state index contributed by atoms with van der Waals surface area (Å²) in [5.74, 6) is -0.982.